The normalized spacial score (nSPS) is 21.4. The summed E-state index contributed by atoms with van der Waals surface area (Å²) in [5, 5.41) is 22.5. The molecule has 0 fully saturated rings. The molecule has 3 rings (SSSR count). The van der Waals surface area contributed by atoms with Gasteiger partial charge in [0.1, 0.15) is 29.9 Å². The highest BCUT2D eigenvalue weighted by Gasteiger charge is 2.46. The zero-order valence-electron chi connectivity index (χ0n) is 12.6. The van der Waals surface area contributed by atoms with Crippen LogP contribution < -0.4 is 16.4 Å². The lowest BCUT2D eigenvalue weighted by molar-refractivity contribution is -0.138. The number of amidine groups is 1. The van der Waals surface area contributed by atoms with Crippen LogP contribution in [0, 0.1) is 0 Å². The lowest BCUT2D eigenvalue weighted by Crippen LogP contribution is -2.38. The van der Waals surface area contributed by atoms with Gasteiger partial charge in [-0.25, -0.2) is 9.79 Å². The first kappa shape index (κ1) is 16.8. The first-order valence-corrected chi connectivity index (χ1v) is 7.87. The Morgan fingerprint density at radius 3 is 2.88 bits per heavy atom. The van der Waals surface area contributed by atoms with E-state index in [0.29, 0.717) is 5.69 Å². The van der Waals surface area contributed by atoms with Gasteiger partial charge in [-0.05, 0) is 0 Å². The molecule has 13 heteroatoms. The molecule has 0 spiro atoms. The van der Waals surface area contributed by atoms with Crippen molar-refractivity contribution in [3.8, 4) is 0 Å². The number of carboxylic acid groups (broad SMARTS) is 1. The second-order valence-corrected chi connectivity index (χ2v) is 6.13. The average molecular weight is 367 g/mol. The van der Waals surface area contributed by atoms with Gasteiger partial charge in [0.25, 0.3) is 5.91 Å². The predicted octanol–water partition coefficient (Wildman–Crippen LogP) is -1.49. The molecule has 0 saturated heterocycles. The summed E-state index contributed by atoms with van der Waals surface area (Å²) < 4.78 is 4.65. The van der Waals surface area contributed by atoms with Crippen molar-refractivity contribution in [3.63, 3.8) is 0 Å². The Morgan fingerprint density at radius 2 is 2.24 bits per heavy atom. The Kier molecular flexibility index (Phi) is 4.56. The molecule has 3 amide bonds. The van der Waals surface area contributed by atoms with Crippen LogP contribution in [-0.4, -0.2) is 62.0 Å². The molecule has 0 bridgehead atoms. The number of urea groups is 1. The van der Waals surface area contributed by atoms with Crippen LogP contribution in [0.25, 0.3) is 0 Å². The smallest absolute Gasteiger partial charge is 0.324 e. The summed E-state index contributed by atoms with van der Waals surface area (Å²) in [5.41, 5.74) is 5.76. The van der Waals surface area contributed by atoms with Gasteiger partial charge in [0.2, 0.25) is 0 Å². The molecule has 132 valence electrons. The number of nitrogens with one attached hydrogen (secondary N) is 2. The molecule has 2 unspecified atom stereocenters. The molecule has 1 aromatic heterocycles. The zero-order chi connectivity index (χ0) is 18.0. The van der Waals surface area contributed by atoms with Crippen LogP contribution >= 0.6 is 11.8 Å². The molecule has 0 aromatic carbocycles. The number of aromatic nitrogens is 1. The van der Waals surface area contributed by atoms with Crippen LogP contribution in [0.2, 0.25) is 0 Å². The van der Waals surface area contributed by atoms with Crippen LogP contribution in [0.3, 0.4) is 0 Å². The minimum Gasteiger partial charge on any atom is -0.480 e. The molecule has 2 aliphatic heterocycles. The number of hydrogen-bond donors (Lipinski definition) is 4. The maximum atomic E-state index is 11.9. The summed E-state index contributed by atoms with van der Waals surface area (Å²) in [5.74, 6) is -1.90. The van der Waals surface area contributed by atoms with Crippen molar-refractivity contribution >= 4 is 40.5 Å². The number of carbonyl (C=O) groups excluding carboxylic acids is 2. The number of hydrazone groups is 1. The minimum atomic E-state index is -1.11. The number of thioether (sulfide) groups is 1. The molecular weight excluding hydrogens is 354 g/mol. The van der Waals surface area contributed by atoms with Crippen molar-refractivity contribution in [2.75, 3.05) is 6.54 Å². The van der Waals surface area contributed by atoms with Crippen molar-refractivity contribution < 1.29 is 24.0 Å². The van der Waals surface area contributed by atoms with E-state index in [1.807, 2.05) is 0 Å². The third-order valence-corrected chi connectivity index (χ3v) is 4.43. The molecule has 3 heterocycles. The summed E-state index contributed by atoms with van der Waals surface area (Å²) in [6, 6.07) is 0.343. The fourth-order valence-corrected chi connectivity index (χ4v) is 3.35. The predicted molar refractivity (Wildman–Crippen MR) is 85.4 cm³/mol. The van der Waals surface area contributed by atoms with Crippen LogP contribution in [-0.2, 0) is 16.1 Å². The third-order valence-electron chi connectivity index (χ3n) is 3.26. The lowest BCUT2D eigenvalue weighted by Gasteiger charge is -2.19. The van der Waals surface area contributed by atoms with E-state index in [1.165, 1.54) is 11.3 Å². The third kappa shape index (κ3) is 3.71. The minimum absolute atomic E-state index is 0.0430. The Labute approximate surface area is 144 Å². The largest absolute Gasteiger partial charge is 0.480 e. The highest BCUT2D eigenvalue weighted by atomic mass is 32.2. The topological polar surface area (TPSA) is 176 Å². The number of aliphatic carboxylic acids is 1. The number of nitrogens with two attached hydrogens (primary N) is 1. The van der Waals surface area contributed by atoms with Gasteiger partial charge in [-0.1, -0.05) is 16.9 Å². The number of amides is 3. The number of hydrogen-bond acceptors (Lipinski definition) is 9. The standard InChI is InChI=1S/C12H13N7O5S/c13-9(22)7-8-10(19(17-7)4-6(20)21)25-12(15-8)16-11(23)14-3-5-1-2-24-18-5/h1-2,8,10H,3-4H2,(H2,13,22)(H,20,21)(H2,14,15,16,23). The van der Waals surface area contributed by atoms with Crippen LogP contribution in [0.5, 0.6) is 0 Å². The molecule has 2 atom stereocenters. The monoisotopic (exact) mass is 367 g/mol. The number of nitrogens with zero attached hydrogens (tertiary/aromatic N) is 4. The highest BCUT2D eigenvalue weighted by Crippen LogP contribution is 2.34. The van der Waals surface area contributed by atoms with Crippen LogP contribution in [0.15, 0.2) is 26.9 Å². The van der Waals surface area contributed by atoms with E-state index in [1.54, 1.807) is 6.07 Å². The number of primary amides is 1. The van der Waals surface area contributed by atoms with E-state index >= 15 is 0 Å². The van der Waals surface area contributed by atoms with Crippen LogP contribution in [0.4, 0.5) is 4.79 Å². The van der Waals surface area contributed by atoms with Crippen molar-refractivity contribution in [1.82, 2.24) is 20.8 Å². The zero-order valence-corrected chi connectivity index (χ0v) is 13.4. The molecule has 1 aromatic rings. The average Bonchev–Trinajstić information content (AvgIpc) is 3.22. The quantitative estimate of drug-likeness (QED) is 0.486. The van der Waals surface area contributed by atoms with Gasteiger partial charge in [0.05, 0.1) is 6.54 Å². The van der Waals surface area contributed by atoms with Crippen molar-refractivity contribution in [1.29, 1.82) is 0 Å². The maximum Gasteiger partial charge on any atom is 0.324 e. The van der Waals surface area contributed by atoms with E-state index in [4.69, 9.17) is 10.8 Å². The molecular formula is C12H13N7O5S. The maximum absolute atomic E-state index is 11.9. The SMILES string of the molecule is NC(=O)C1=NN(CC(=O)O)C2SC(NC(=O)NCc3ccon3)=NC12. The van der Waals surface area contributed by atoms with E-state index in [2.05, 4.69) is 30.4 Å². The van der Waals surface area contributed by atoms with E-state index in [0.717, 1.165) is 11.8 Å². The van der Waals surface area contributed by atoms with Gasteiger partial charge in [-0.3, -0.25) is 19.9 Å². The first-order chi connectivity index (χ1) is 11.9. The summed E-state index contributed by atoms with van der Waals surface area (Å²) in [6.07, 6.45) is 1.38. The Morgan fingerprint density at radius 1 is 1.44 bits per heavy atom. The Bertz CT molecular complexity index is 762. The second-order valence-electron chi connectivity index (χ2n) is 5.03. The number of fused-ring (bicyclic) bond motifs is 1. The number of carbonyl (C=O) groups is 3. The lowest BCUT2D eigenvalue weighted by atomic mass is 10.2. The Hall–Kier alpha value is -3.09. The number of aliphatic imine (C=N–C) groups is 1. The highest BCUT2D eigenvalue weighted by molar-refractivity contribution is 8.14. The number of carboxylic acids is 1. The van der Waals surface area contributed by atoms with Gasteiger partial charge in [-0.2, -0.15) is 5.10 Å². The fourth-order valence-electron chi connectivity index (χ4n) is 2.24. The van der Waals surface area contributed by atoms with Gasteiger partial charge < -0.3 is 20.7 Å². The Balaban J connectivity index is 1.62. The summed E-state index contributed by atoms with van der Waals surface area (Å²) in [7, 11) is 0. The molecule has 2 aliphatic rings. The van der Waals surface area contributed by atoms with E-state index in [-0.39, 0.29) is 17.4 Å². The first-order valence-electron chi connectivity index (χ1n) is 6.99. The van der Waals surface area contributed by atoms with Gasteiger partial charge in [0, 0.05) is 6.07 Å². The van der Waals surface area contributed by atoms with E-state index < -0.39 is 35.9 Å². The van der Waals surface area contributed by atoms with E-state index in [9.17, 15) is 14.4 Å². The fraction of sp³-hybridized carbons (Fsp3) is 0.333. The van der Waals surface area contributed by atoms with Gasteiger partial charge in [0.15, 0.2) is 10.9 Å². The second kappa shape index (κ2) is 6.80. The molecule has 5 N–H and O–H groups in total. The summed E-state index contributed by atoms with van der Waals surface area (Å²) in [4.78, 5) is 38.5. The van der Waals surface area contributed by atoms with Crippen molar-refractivity contribution in [2.24, 2.45) is 15.8 Å². The van der Waals surface area contributed by atoms with Crippen molar-refractivity contribution in [3.05, 3.63) is 18.0 Å². The molecule has 0 aliphatic carbocycles. The molecule has 25 heavy (non-hydrogen) atoms. The summed E-state index contributed by atoms with van der Waals surface area (Å²) >= 11 is 1.09. The number of rotatable bonds is 5. The summed E-state index contributed by atoms with van der Waals surface area (Å²) in [6.45, 7) is -0.252. The molecule has 0 saturated carbocycles. The molecule has 12 nitrogen and oxygen atoms in total. The molecule has 0 radical (unpaired) electrons. The van der Waals surface area contributed by atoms with Gasteiger partial charge >= 0.3 is 12.0 Å². The van der Waals surface area contributed by atoms with Crippen LogP contribution in [0.1, 0.15) is 5.69 Å². The van der Waals surface area contributed by atoms with Crippen molar-refractivity contribution in [2.45, 2.75) is 18.0 Å². The van der Waals surface area contributed by atoms with Gasteiger partial charge in [-0.15, -0.1) is 0 Å².